The lowest BCUT2D eigenvalue weighted by molar-refractivity contribution is -0.140. The summed E-state index contributed by atoms with van der Waals surface area (Å²) < 4.78 is 4.48. The number of hydrogen-bond donors (Lipinski definition) is 1. The molecular formula is C12H16ClN3O3S. The summed E-state index contributed by atoms with van der Waals surface area (Å²) in [5, 5.41) is 3.26. The van der Waals surface area contributed by atoms with Crippen LogP contribution in [0.1, 0.15) is 30.3 Å². The smallest absolute Gasteiger partial charge is 0.307 e. The van der Waals surface area contributed by atoms with Gasteiger partial charge < -0.3 is 10.1 Å². The predicted molar refractivity (Wildman–Crippen MR) is 77.0 cm³/mol. The van der Waals surface area contributed by atoms with Crippen LogP contribution in [-0.4, -0.2) is 41.3 Å². The van der Waals surface area contributed by atoms with E-state index in [1.807, 2.05) is 6.92 Å². The van der Waals surface area contributed by atoms with Crippen molar-refractivity contribution in [3.63, 3.8) is 0 Å². The first-order valence-corrected chi connectivity index (χ1v) is 7.45. The lowest BCUT2D eigenvalue weighted by Crippen LogP contribution is -2.27. The second-order valence-electron chi connectivity index (χ2n) is 3.78. The van der Waals surface area contributed by atoms with Gasteiger partial charge >= 0.3 is 5.97 Å². The molecule has 0 spiro atoms. The average Bonchev–Trinajstić information content (AvgIpc) is 2.45. The van der Waals surface area contributed by atoms with Gasteiger partial charge in [-0.3, -0.25) is 9.59 Å². The van der Waals surface area contributed by atoms with Crippen LogP contribution in [-0.2, 0) is 9.53 Å². The first-order chi connectivity index (χ1) is 9.58. The summed E-state index contributed by atoms with van der Waals surface area (Å²) in [6, 6.07) is 0. The van der Waals surface area contributed by atoms with Crippen LogP contribution in [0.3, 0.4) is 0 Å². The Morgan fingerprint density at radius 1 is 1.50 bits per heavy atom. The number of carbonyl (C=O) groups excluding carboxylic acids is 2. The molecule has 0 saturated heterocycles. The second kappa shape index (κ2) is 8.76. The average molecular weight is 318 g/mol. The van der Waals surface area contributed by atoms with E-state index in [-0.39, 0.29) is 23.7 Å². The van der Waals surface area contributed by atoms with Gasteiger partial charge in [0.1, 0.15) is 0 Å². The van der Waals surface area contributed by atoms with E-state index in [0.717, 1.165) is 12.2 Å². The largest absolute Gasteiger partial charge is 0.469 e. The highest BCUT2D eigenvalue weighted by molar-refractivity contribution is 7.99. The maximum Gasteiger partial charge on any atom is 0.307 e. The number of ether oxygens (including phenoxy) is 1. The predicted octanol–water partition coefficient (Wildman–Crippen LogP) is 1.93. The summed E-state index contributed by atoms with van der Waals surface area (Å²) in [7, 11) is 1.29. The Balaban J connectivity index is 2.64. The summed E-state index contributed by atoms with van der Waals surface area (Å²) in [6.07, 6.45) is 2.49. The van der Waals surface area contributed by atoms with E-state index in [4.69, 9.17) is 11.6 Å². The van der Waals surface area contributed by atoms with Gasteiger partial charge in [0.15, 0.2) is 10.9 Å². The fourth-order valence-electron chi connectivity index (χ4n) is 1.24. The molecule has 0 unspecified atom stereocenters. The van der Waals surface area contributed by atoms with Gasteiger partial charge in [-0.05, 0) is 6.42 Å². The minimum absolute atomic E-state index is 0.0996. The van der Waals surface area contributed by atoms with E-state index in [9.17, 15) is 9.59 Å². The van der Waals surface area contributed by atoms with Gasteiger partial charge in [0, 0.05) is 12.3 Å². The fraction of sp³-hybridized carbons (Fsp3) is 0.500. The quantitative estimate of drug-likeness (QED) is 0.470. The van der Waals surface area contributed by atoms with Crippen LogP contribution in [0.2, 0.25) is 5.02 Å². The molecule has 6 nitrogen and oxygen atoms in total. The molecule has 1 aromatic heterocycles. The van der Waals surface area contributed by atoms with Crippen molar-refractivity contribution in [3.05, 3.63) is 16.9 Å². The highest BCUT2D eigenvalue weighted by Gasteiger charge is 2.14. The van der Waals surface area contributed by atoms with Crippen molar-refractivity contribution < 1.29 is 14.3 Å². The maximum absolute atomic E-state index is 11.9. The molecule has 0 radical (unpaired) electrons. The standard InChI is InChI=1S/C12H16ClN3O3S/c1-3-6-20-12-15-7-8(13)10(16-12)11(18)14-5-4-9(17)19-2/h7H,3-6H2,1-2H3,(H,14,18). The summed E-state index contributed by atoms with van der Waals surface area (Å²) in [4.78, 5) is 31.0. The molecule has 8 heteroatoms. The van der Waals surface area contributed by atoms with Crippen molar-refractivity contribution in [2.75, 3.05) is 19.4 Å². The topological polar surface area (TPSA) is 81.2 Å². The van der Waals surface area contributed by atoms with Gasteiger partial charge in [0.2, 0.25) is 0 Å². The second-order valence-corrected chi connectivity index (χ2v) is 5.25. The number of carbonyl (C=O) groups is 2. The Bertz CT molecular complexity index is 485. The molecule has 0 saturated carbocycles. The van der Waals surface area contributed by atoms with Crippen molar-refractivity contribution in [1.82, 2.24) is 15.3 Å². The molecule has 0 fully saturated rings. The molecule has 0 bridgehead atoms. The zero-order valence-corrected chi connectivity index (χ0v) is 12.9. The van der Waals surface area contributed by atoms with E-state index in [1.54, 1.807) is 0 Å². The number of halogens is 1. The van der Waals surface area contributed by atoms with E-state index in [1.165, 1.54) is 25.1 Å². The van der Waals surface area contributed by atoms with Crippen molar-refractivity contribution in [1.29, 1.82) is 0 Å². The van der Waals surface area contributed by atoms with Crippen LogP contribution >= 0.6 is 23.4 Å². The Hall–Kier alpha value is -1.34. The van der Waals surface area contributed by atoms with Gasteiger partial charge in [0.05, 0.1) is 24.8 Å². The third-order valence-corrected chi connectivity index (χ3v) is 3.56. The molecule has 1 amide bonds. The number of aromatic nitrogens is 2. The molecule has 20 heavy (non-hydrogen) atoms. The van der Waals surface area contributed by atoms with Gasteiger partial charge in [0.25, 0.3) is 5.91 Å². The van der Waals surface area contributed by atoms with Crippen LogP contribution in [0.25, 0.3) is 0 Å². The number of nitrogens with zero attached hydrogens (tertiary/aromatic N) is 2. The molecule has 0 aliphatic rings. The van der Waals surface area contributed by atoms with Gasteiger partial charge in [-0.1, -0.05) is 30.3 Å². The summed E-state index contributed by atoms with van der Waals surface area (Å²) in [6.45, 7) is 2.21. The normalized spacial score (nSPS) is 10.2. The summed E-state index contributed by atoms with van der Waals surface area (Å²) in [5.74, 6) is 0.0447. The van der Waals surface area contributed by atoms with Crippen molar-refractivity contribution in [2.24, 2.45) is 0 Å². The number of esters is 1. The van der Waals surface area contributed by atoms with E-state index in [0.29, 0.717) is 5.16 Å². The van der Waals surface area contributed by atoms with Crippen molar-refractivity contribution >= 4 is 35.2 Å². The van der Waals surface area contributed by atoms with Crippen molar-refractivity contribution in [2.45, 2.75) is 24.9 Å². The Morgan fingerprint density at radius 2 is 2.25 bits per heavy atom. The molecule has 110 valence electrons. The lowest BCUT2D eigenvalue weighted by atomic mass is 10.3. The molecule has 0 aliphatic heterocycles. The maximum atomic E-state index is 11.9. The SMILES string of the molecule is CCCSc1ncc(Cl)c(C(=O)NCCC(=O)OC)n1. The van der Waals surface area contributed by atoms with E-state index < -0.39 is 11.9 Å². The van der Waals surface area contributed by atoms with Crippen LogP contribution in [0, 0.1) is 0 Å². The number of amides is 1. The van der Waals surface area contributed by atoms with Gasteiger partial charge in [-0.2, -0.15) is 0 Å². The van der Waals surface area contributed by atoms with Crippen LogP contribution in [0.5, 0.6) is 0 Å². The first-order valence-electron chi connectivity index (χ1n) is 6.08. The highest BCUT2D eigenvalue weighted by atomic mass is 35.5. The summed E-state index contributed by atoms with van der Waals surface area (Å²) in [5.41, 5.74) is 0.116. The molecule has 0 atom stereocenters. The third-order valence-electron chi connectivity index (χ3n) is 2.21. The number of methoxy groups -OCH3 is 1. The first kappa shape index (κ1) is 16.7. The minimum atomic E-state index is -0.431. The highest BCUT2D eigenvalue weighted by Crippen LogP contribution is 2.18. The number of nitrogens with one attached hydrogen (secondary N) is 1. The summed E-state index contributed by atoms with van der Waals surface area (Å²) >= 11 is 7.37. The zero-order valence-electron chi connectivity index (χ0n) is 11.3. The molecule has 0 aliphatic carbocycles. The van der Waals surface area contributed by atoms with Crippen LogP contribution < -0.4 is 5.32 Å². The molecule has 1 rings (SSSR count). The van der Waals surface area contributed by atoms with Crippen LogP contribution in [0.15, 0.2) is 11.4 Å². The molecular weight excluding hydrogens is 302 g/mol. The fourth-order valence-corrected chi connectivity index (χ4v) is 2.08. The Kier molecular flexibility index (Phi) is 7.32. The monoisotopic (exact) mass is 317 g/mol. The third kappa shape index (κ3) is 5.34. The molecule has 1 heterocycles. The lowest BCUT2D eigenvalue weighted by Gasteiger charge is -2.06. The zero-order chi connectivity index (χ0) is 15.0. The Labute approximate surface area is 126 Å². The number of rotatable bonds is 7. The van der Waals surface area contributed by atoms with E-state index in [2.05, 4.69) is 20.0 Å². The van der Waals surface area contributed by atoms with Gasteiger partial charge in [-0.15, -0.1) is 0 Å². The minimum Gasteiger partial charge on any atom is -0.469 e. The number of hydrogen-bond acceptors (Lipinski definition) is 6. The van der Waals surface area contributed by atoms with E-state index >= 15 is 0 Å². The molecule has 0 aromatic carbocycles. The van der Waals surface area contributed by atoms with Gasteiger partial charge in [-0.25, -0.2) is 9.97 Å². The van der Waals surface area contributed by atoms with Crippen molar-refractivity contribution in [3.8, 4) is 0 Å². The molecule has 1 aromatic rings. The molecule has 1 N–H and O–H groups in total. The number of thioether (sulfide) groups is 1. The van der Waals surface area contributed by atoms with Crippen LogP contribution in [0.4, 0.5) is 0 Å². The Morgan fingerprint density at radius 3 is 2.90 bits per heavy atom.